The first-order valence-corrected chi connectivity index (χ1v) is 3.46. The van der Waals surface area contributed by atoms with Gasteiger partial charge < -0.3 is 9.84 Å². The minimum Gasteiger partial charge on any atom is -0.496 e. The molecule has 0 radical (unpaired) electrons. The van der Waals surface area contributed by atoms with Gasteiger partial charge in [-0.3, -0.25) is 0 Å². The Morgan fingerprint density at radius 3 is 2.77 bits per heavy atom. The van der Waals surface area contributed by atoms with E-state index in [1.165, 1.54) is 19.2 Å². The number of aromatic carboxylic acids is 1. The van der Waals surface area contributed by atoms with Gasteiger partial charge in [0, 0.05) is 6.07 Å². The number of benzene rings is 1. The van der Waals surface area contributed by atoms with Crippen molar-refractivity contribution >= 4 is 11.7 Å². The van der Waals surface area contributed by atoms with E-state index < -0.39 is 5.97 Å². The molecule has 0 aliphatic rings. The molecule has 13 heavy (non-hydrogen) atoms. The van der Waals surface area contributed by atoms with Crippen LogP contribution in [-0.4, -0.2) is 18.2 Å². The second-order valence-electron chi connectivity index (χ2n) is 2.26. The van der Waals surface area contributed by atoms with Crippen molar-refractivity contribution in [2.75, 3.05) is 7.11 Å². The molecule has 0 aliphatic heterocycles. The zero-order valence-electron chi connectivity index (χ0n) is 6.89. The predicted molar refractivity (Wildman–Crippen MR) is 44.7 cm³/mol. The van der Waals surface area contributed by atoms with Crippen LogP contribution in [0.25, 0.3) is 4.98 Å². The van der Waals surface area contributed by atoms with E-state index in [9.17, 15) is 4.79 Å². The zero-order valence-corrected chi connectivity index (χ0v) is 6.89. The molecule has 0 heterocycles. The van der Waals surface area contributed by atoms with Gasteiger partial charge in [-0.25, -0.2) is 4.79 Å². The van der Waals surface area contributed by atoms with Gasteiger partial charge >= 0.3 is 11.7 Å². The zero-order chi connectivity index (χ0) is 9.84. The van der Waals surface area contributed by atoms with Gasteiger partial charge in [0.15, 0.2) is 10.5 Å². The smallest absolute Gasteiger partial charge is 0.403 e. The maximum Gasteiger partial charge on any atom is 0.403 e. The van der Waals surface area contributed by atoms with E-state index in [-0.39, 0.29) is 17.0 Å². The first-order chi connectivity index (χ1) is 6.20. The highest BCUT2D eigenvalue weighted by atomic mass is 16.5. The molecule has 0 unspecified atom stereocenters. The molecule has 0 aliphatic carbocycles. The van der Waals surface area contributed by atoms with E-state index >= 15 is 0 Å². The average Bonchev–Trinajstić information content (AvgIpc) is 2.16. The molecule has 5 nitrogen and oxygen atoms in total. The van der Waals surface area contributed by atoms with Crippen LogP contribution < -0.4 is 4.74 Å². The summed E-state index contributed by atoms with van der Waals surface area (Å²) in [5, 5.41) is 17.3. The number of diazo groups is 1. The highest BCUT2D eigenvalue weighted by molar-refractivity contribution is 5.97. The van der Waals surface area contributed by atoms with Gasteiger partial charge in [0.05, 0.1) is 7.11 Å². The van der Waals surface area contributed by atoms with Gasteiger partial charge in [-0.1, -0.05) is 6.07 Å². The van der Waals surface area contributed by atoms with E-state index in [4.69, 9.17) is 15.2 Å². The first-order valence-electron chi connectivity index (χ1n) is 3.46. The number of hydrogen-bond acceptors (Lipinski definition) is 3. The highest BCUT2D eigenvalue weighted by Crippen LogP contribution is 2.28. The summed E-state index contributed by atoms with van der Waals surface area (Å²) in [4.78, 5) is 13.5. The van der Waals surface area contributed by atoms with Gasteiger partial charge in [-0.05, 0) is 6.07 Å². The SMILES string of the molecule is COc1cccc([N+]#N)c1C(=O)O. The molecule has 0 fully saturated rings. The Morgan fingerprint density at radius 1 is 1.62 bits per heavy atom. The lowest BCUT2D eigenvalue weighted by atomic mass is 10.1. The number of rotatable bonds is 2. The molecule has 0 bridgehead atoms. The Morgan fingerprint density at radius 2 is 2.31 bits per heavy atom. The standard InChI is InChI=1S/C8H6N2O3/c1-13-6-4-2-3-5(10-9)7(6)8(11)12/h2-4H,1H3/p+1. The summed E-state index contributed by atoms with van der Waals surface area (Å²) in [5.74, 6) is -1.02. The predicted octanol–water partition coefficient (Wildman–Crippen LogP) is 1.88. The molecule has 0 saturated carbocycles. The van der Waals surface area contributed by atoms with E-state index in [1.54, 1.807) is 6.07 Å². The minimum absolute atomic E-state index is 0.0214. The Labute approximate surface area is 74.2 Å². The van der Waals surface area contributed by atoms with Crippen molar-refractivity contribution in [1.29, 1.82) is 5.39 Å². The van der Waals surface area contributed by atoms with Gasteiger partial charge in [-0.2, -0.15) is 0 Å². The summed E-state index contributed by atoms with van der Waals surface area (Å²) >= 11 is 0. The number of nitrogens with zero attached hydrogens (tertiary/aromatic N) is 2. The number of methoxy groups -OCH3 is 1. The van der Waals surface area contributed by atoms with Gasteiger partial charge in [0.2, 0.25) is 5.39 Å². The number of hydrogen-bond donors (Lipinski definition) is 1. The van der Waals surface area contributed by atoms with E-state index in [1.807, 2.05) is 0 Å². The minimum atomic E-state index is -1.19. The fraction of sp³-hybridized carbons (Fsp3) is 0.125. The lowest BCUT2D eigenvalue weighted by Crippen LogP contribution is -2.00. The fourth-order valence-electron chi connectivity index (χ4n) is 0.988. The average molecular weight is 179 g/mol. The Balaban J connectivity index is 3.41. The van der Waals surface area contributed by atoms with Gasteiger partial charge in [-0.15, -0.1) is 0 Å². The molecule has 0 spiro atoms. The molecule has 1 rings (SSSR count). The summed E-state index contributed by atoms with van der Waals surface area (Å²) < 4.78 is 4.80. The molecular formula is C8H7N2O3+. The van der Waals surface area contributed by atoms with Crippen LogP contribution in [0.1, 0.15) is 10.4 Å². The van der Waals surface area contributed by atoms with Crippen LogP contribution in [0, 0.1) is 5.39 Å². The lowest BCUT2D eigenvalue weighted by Gasteiger charge is -1.99. The summed E-state index contributed by atoms with van der Waals surface area (Å²) in [6, 6.07) is 4.41. The third kappa shape index (κ3) is 1.56. The topological polar surface area (TPSA) is 74.7 Å². The largest absolute Gasteiger partial charge is 0.496 e. The van der Waals surface area contributed by atoms with Crippen LogP contribution in [0.4, 0.5) is 5.69 Å². The second-order valence-corrected chi connectivity index (χ2v) is 2.26. The third-order valence-electron chi connectivity index (χ3n) is 1.55. The monoisotopic (exact) mass is 179 g/mol. The van der Waals surface area contributed by atoms with Crippen molar-refractivity contribution in [3.05, 3.63) is 28.7 Å². The molecule has 0 aromatic heterocycles. The van der Waals surface area contributed by atoms with Crippen LogP contribution in [0.2, 0.25) is 0 Å². The summed E-state index contributed by atoms with van der Waals surface area (Å²) in [6.07, 6.45) is 0. The van der Waals surface area contributed by atoms with Crippen molar-refractivity contribution < 1.29 is 14.6 Å². The maximum atomic E-state index is 10.7. The van der Waals surface area contributed by atoms with Crippen molar-refractivity contribution in [2.24, 2.45) is 0 Å². The van der Waals surface area contributed by atoms with Crippen molar-refractivity contribution in [3.63, 3.8) is 0 Å². The van der Waals surface area contributed by atoms with Crippen LogP contribution in [0.3, 0.4) is 0 Å². The van der Waals surface area contributed by atoms with Crippen LogP contribution in [0.5, 0.6) is 5.75 Å². The van der Waals surface area contributed by atoms with E-state index in [2.05, 4.69) is 4.98 Å². The number of carboxylic acids is 1. The molecule has 5 heteroatoms. The number of carbonyl (C=O) groups is 1. The molecule has 1 N–H and O–H groups in total. The van der Waals surface area contributed by atoms with Crippen LogP contribution in [-0.2, 0) is 0 Å². The molecule has 1 aromatic rings. The molecular weight excluding hydrogens is 172 g/mol. The Hall–Kier alpha value is -2.09. The molecule has 0 amide bonds. The molecule has 0 atom stereocenters. The van der Waals surface area contributed by atoms with Gasteiger partial charge in [0.1, 0.15) is 5.75 Å². The van der Waals surface area contributed by atoms with Crippen LogP contribution >= 0.6 is 0 Å². The highest BCUT2D eigenvalue weighted by Gasteiger charge is 2.24. The molecule has 1 aromatic carbocycles. The normalized spacial score (nSPS) is 8.92. The maximum absolute atomic E-state index is 10.7. The van der Waals surface area contributed by atoms with Crippen LogP contribution in [0.15, 0.2) is 18.2 Å². The van der Waals surface area contributed by atoms with Gasteiger partial charge in [0.25, 0.3) is 0 Å². The van der Waals surface area contributed by atoms with E-state index in [0.717, 1.165) is 0 Å². The molecule has 66 valence electrons. The fourth-order valence-corrected chi connectivity index (χ4v) is 0.988. The van der Waals surface area contributed by atoms with Crippen molar-refractivity contribution in [1.82, 2.24) is 0 Å². The van der Waals surface area contributed by atoms with Crippen molar-refractivity contribution in [2.45, 2.75) is 0 Å². The first kappa shape index (κ1) is 9.00. The molecule has 0 saturated heterocycles. The third-order valence-corrected chi connectivity index (χ3v) is 1.55. The van der Waals surface area contributed by atoms with E-state index in [0.29, 0.717) is 0 Å². The number of ether oxygens (including phenoxy) is 1. The lowest BCUT2D eigenvalue weighted by molar-refractivity contribution is 0.0694. The summed E-state index contributed by atoms with van der Waals surface area (Å²) in [7, 11) is 1.35. The summed E-state index contributed by atoms with van der Waals surface area (Å²) in [6.45, 7) is 0. The second kappa shape index (κ2) is 3.54. The number of carboxylic acid groups (broad SMARTS) is 1. The quantitative estimate of drug-likeness (QED) is 0.703. The summed E-state index contributed by atoms with van der Waals surface area (Å²) in [5.41, 5.74) is -0.167. The Bertz CT molecular complexity index is 381. The Kier molecular flexibility index (Phi) is 2.45. The van der Waals surface area contributed by atoms with Crippen molar-refractivity contribution in [3.8, 4) is 5.75 Å².